The van der Waals surface area contributed by atoms with E-state index in [1.54, 1.807) is 23.2 Å². The average Bonchev–Trinajstić information content (AvgIpc) is 3.12. The van der Waals surface area contributed by atoms with E-state index in [4.69, 9.17) is 5.11 Å². The first-order valence-corrected chi connectivity index (χ1v) is 5.75. The molecule has 1 fully saturated rings. The topological polar surface area (TPSA) is 65.5 Å². The van der Waals surface area contributed by atoms with Crippen LogP contribution >= 0.6 is 0 Å². The summed E-state index contributed by atoms with van der Waals surface area (Å²) in [6.45, 7) is 0.293. The van der Waals surface area contributed by atoms with Crippen molar-refractivity contribution in [2.45, 2.75) is 25.5 Å². The summed E-state index contributed by atoms with van der Waals surface area (Å²) in [5.74, 6) is 0.760. The van der Waals surface area contributed by atoms with Crippen molar-refractivity contribution in [1.29, 1.82) is 0 Å². The Morgan fingerprint density at radius 1 is 1.59 bits per heavy atom. The van der Waals surface area contributed by atoms with Crippen LogP contribution in [0, 0.1) is 0 Å². The van der Waals surface area contributed by atoms with E-state index in [2.05, 4.69) is 10.3 Å². The van der Waals surface area contributed by atoms with Gasteiger partial charge >= 0.3 is 0 Å². The molecule has 0 saturated heterocycles. The largest absolute Gasteiger partial charge is 0.392 e. The molecule has 17 heavy (non-hydrogen) atoms. The van der Waals surface area contributed by atoms with Crippen LogP contribution in [0.1, 0.15) is 18.4 Å². The predicted octanol–water partition coefficient (Wildman–Crippen LogP) is 0.289. The highest BCUT2D eigenvalue weighted by Crippen LogP contribution is 2.18. The molecular formula is C12H17N3O2. The molecule has 0 bridgehead atoms. The molecule has 2 rings (SSSR count). The number of carbonyl (C=O) groups is 1. The number of anilines is 1. The van der Waals surface area contributed by atoms with Crippen LogP contribution < -0.4 is 10.2 Å². The van der Waals surface area contributed by atoms with Gasteiger partial charge in [-0.25, -0.2) is 4.98 Å². The Bertz CT molecular complexity index is 387. The van der Waals surface area contributed by atoms with Crippen molar-refractivity contribution >= 4 is 11.7 Å². The third-order valence-corrected chi connectivity index (χ3v) is 2.71. The predicted molar refractivity (Wildman–Crippen MR) is 64.6 cm³/mol. The number of rotatable bonds is 5. The molecule has 1 aliphatic carbocycles. The minimum absolute atomic E-state index is 0.0147. The molecule has 1 saturated carbocycles. The Morgan fingerprint density at radius 3 is 2.88 bits per heavy atom. The molecule has 0 unspecified atom stereocenters. The van der Waals surface area contributed by atoms with Gasteiger partial charge in [0.1, 0.15) is 5.82 Å². The maximum atomic E-state index is 11.6. The van der Waals surface area contributed by atoms with E-state index in [0.29, 0.717) is 12.6 Å². The van der Waals surface area contributed by atoms with E-state index < -0.39 is 0 Å². The number of aromatic nitrogens is 1. The molecular weight excluding hydrogens is 218 g/mol. The maximum Gasteiger partial charge on any atom is 0.239 e. The Kier molecular flexibility index (Phi) is 3.58. The van der Waals surface area contributed by atoms with Gasteiger partial charge in [-0.1, -0.05) is 6.07 Å². The molecule has 2 N–H and O–H groups in total. The first kappa shape index (κ1) is 11.9. The van der Waals surface area contributed by atoms with Crippen LogP contribution in [0.25, 0.3) is 0 Å². The van der Waals surface area contributed by atoms with Crippen molar-refractivity contribution in [2.24, 2.45) is 0 Å². The lowest BCUT2D eigenvalue weighted by atomic mass is 10.3. The molecule has 0 aliphatic heterocycles. The Hall–Kier alpha value is -1.62. The molecule has 1 amide bonds. The lowest BCUT2D eigenvalue weighted by Crippen LogP contribution is -2.36. The number of hydrogen-bond donors (Lipinski definition) is 2. The van der Waals surface area contributed by atoms with E-state index >= 15 is 0 Å². The quantitative estimate of drug-likeness (QED) is 0.770. The standard InChI is InChI=1S/C12H17N3O2/c1-15(7-12(17)14-10-3-4-10)11-5-2-9(8-16)6-13-11/h2,5-6,10,16H,3-4,7-8H2,1H3,(H,14,17). The average molecular weight is 235 g/mol. The molecule has 92 valence electrons. The van der Waals surface area contributed by atoms with Crippen LogP contribution in [0.5, 0.6) is 0 Å². The summed E-state index contributed by atoms with van der Waals surface area (Å²) in [6.07, 6.45) is 3.81. The third-order valence-electron chi connectivity index (χ3n) is 2.71. The Labute approximate surface area is 100 Å². The fourth-order valence-electron chi connectivity index (χ4n) is 1.53. The summed E-state index contributed by atoms with van der Waals surface area (Å²) in [5, 5.41) is 11.8. The van der Waals surface area contributed by atoms with Crippen LogP contribution in [0.3, 0.4) is 0 Å². The van der Waals surface area contributed by atoms with Crippen molar-refractivity contribution in [3.8, 4) is 0 Å². The number of aliphatic hydroxyl groups is 1. The summed E-state index contributed by atoms with van der Waals surface area (Å²) in [6, 6.07) is 3.99. The molecule has 0 aromatic carbocycles. The van der Waals surface area contributed by atoms with Crippen LogP contribution in [0.15, 0.2) is 18.3 Å². The monoisotopic (exact) mass is 235 g/mol. The number of nitrogens with one attached hydrogen (secondary N) is 1. The molecule has 1 aromatic rings. The van der Waals surface area contributed by atoms with Crippen LogP contribution in [-0.4, -0.2) is 35.6 Å². The fourth-order valence-corrected chi connectivity index (χ4v) is 1.53. The van der Waals surface area contributed by atoms with Crippen molar-refractivity contribution < 1.29 is 9.90 Å². The van der Waals surface area contributed by atoms with Gasteiger partial charge in [0, 0.05) is 19.3 Å². The van der Waals surface area contributed by atoms with Gasteiger partial charge in [0.15, 0.2) is 0 Å². The zero-order chi connectivity index (χ0) is 12.3. The summed E-state index contributed by atoms with van der Waals surface area (Å²) >= 11 is 0. The van der Waals surface area contributed by atoms with E-state index in [1.807, 2.05) is 7.05 Å². The first-order chi connectivity index (χ1) is 8.19. The lowest BCUT2D eigenvalue weighted by Gasteiger charge is -2.17. The molecule has 5 heteroatoms. The van der Waals surface area contributed by atoms with Gasteiger partial charge < -0.3 is 15.3 Å². The van der Waals surface area contributed by atoms with Crippen LogP contribution in [0.2, 0.25) is 0 Å². The van der Waals surface area contributed by atoms with Crippen molar-refractivity contribution in [1.82, 2.24) is 10.3 Å². The van der Waals surface area contributed by atoms with Gasteiger partial charge in [0.25, 0.3) is 0 Å². The maximum absolute atomic E-state index is 11.6. The Balaban J connectivity index is 1.88. The van der Waals surface area contributed by atoms with Gasteiger partial charge in [-0.3, -0.25) is 4.79 Å². The lowest BCUT2D eigenvalue weighted by molar-refractivity contribution is -0.119. The molecule has 1 aromatic heterocycles. The van der Waals surface area contributed by atoms with Gasteiger partial charge in [-0.05, 0) is 24.5 Å². The van der Waals surface area contributed by atoms with Crippen molar-refractivity contribution in [2.75, 3.05) is 18.5 Å². The van der Waals surface area contributed by atoms with E-state index in [9.17, 15) is 4.79 Å². The Morgan fingerprint density at radius 2 is 2.35 bits per heavy atom. The number of amides is 1. The van der Waals surface area contributed by atoms with Crippen LogP contribution in [-0.2, 0) is 11.4 Å². The number of carbonyl (C=O) groups excluding carboxylic acids is 1. The van der Waals surface area contributed by atoms with E-state index in [-0.39, 0.29) is 12.5 Å². The third kappa shape index (κ3) is 3.42. The van der Waals surface area contributed by atoms with Gasteiger partial charge in [0.05, 0.1) is 13.2 Å². The molecule has 1 aliphatic rings. The fraction of sp³-hybridized carbons (Fsp3) is 0.500. The minimum Gasteiger partial charge on any atom is -0.392 e. The highest BCUT2D eigenvalue weighted by molar-refractivity contribution is 5.81. The normalized spacial score (nSPS) is 14.5. The smallest absolute Gasteiger partial charge is 0.239 e. The SMILES string of the molecule is CN(CC(=O)NC1CC1)c1ccc(CO)cn1. The van der Waals surface area contributed by atoms with Crippen molar-refractivity contribution in [3.05, 3.63) is 23.9 Å². The second kappa shape index (κ2) is 5.14. The van der Waals surface area contributed by atoms with Crippen molar-refractivity contribution in [3.63, 3.8) is 0 Å². The highest BCUT2D eigenvalue weighted by atomic mass is 16.3. The number of pyridine rings is 1. The summed E-state index contributed by atoms with van der Waals surface area (Å²) in [4.78, 5) is 17.6. The van der Waals surface area contributed by atoms with Gasteiger partial charge in [-0.15, -0.1) is 0 Å². The zero-order valence-corrected chi connectivity index (χ0v) is 9.89. The van der Waals surface area contributed by atoms with Gasteiger partial charge in [0.2, 0.25) is 5.91 Å². The van der Waals surface area contributed by atoms with E-state index in [1.165, 1.54) is 0 Å². The number of likely N-dealkylation sites (N-methyl/N-ethyl adjacent to an activating group) is 1. The first-order valence-electron chi connectivity index (χ1n) is 5.75. The second-order valence-corrected chi connectivity index (χ2v) is 4.38. The van der Waals surface area contributed by atoms with Crippen LogP contribution in [0.4, 0.5) is 5.82 Å². The summed E-state index contributed by atoms with van der Waals surface area (Å²) in [7, 11) is 1.83. The minimum atomic E-state index is -0.0147. The summed E-state index contributed by atoms with van der Waals surface area (Å²) < 4.78 is 0. The molecule has 5 nitrogen and oxygen atoms in total. The molecule has 0 spiro atoms. The van der Waals surface area contributed by atoms with Gasteiger partial charge in [-0.2, -0.15) is 0 Å². The summed E-state index contributed by atoms with van der Waals surface area (Å²) in [5.41, 5.74) is 0.768. The zero-order valence-electron chi connectivity index (χ0n) is 9.89. The highest BCUT2D eigenvalue weighted by Gasteiger charge is 2.23. The second-order valence-electron chi connectivity index (χ2n) is 4.38. The molecule has 0 radical (unpaired) electrons. The number of nitrogens with zero attached hydrogens (tertiary/aromatic N) is 2. The number of hydrogen-bond acceptors (Lipinski definition) is 4. The molecule has 0 atom stereocenters. The number of aliphatic hydroxyl groups excluding tert-OH is 1. The molecule has 1 heterocycles. The van der Waals surface area contributed by atoms with E-state index in [0.717, 1.165) is 24.2 Å².